The molecule has 1 fully saturated rings. The topological polar surface area (TPSA) is 12.5 Å². The number of benzene rings is 1. The minimum atomic E-state index is -2.16. The molecule has 0 unspecified atom stereocenters. The fraction of sp³-hybridized carbons (Fsp3) is 0.724. The standard InChI is InChI=1S/C17H22NO.3C4H9.Sn/c1-3-11-18-12-5-7-14-13-6-4-8-17(19-2)15(13)9-10-16(14)18;3*1-3-4-2;/h1,3-4,6,8,14,16H,5,7,9-12H2,2H3;3*1,3-4H2,2H3;/t14-,16-;;;;/m1..../s1. The van der Waals surface area contributed by atoms with Crippen molar-refractivity contribution in [3.05, 3.63) is 39.5 Å². The average Bonchev–Trinajstić information content (AvgIpc) is 2.84. The summed E-state index contributed by atoms with van der Waals surface area (Å²) in [6.45, 7) is 9.60. The third-order valence-electron chi connectivity index (χ3n) is 8.27. The van der Waals surface area contributed by atoms with E-state index >= 15 is 0 Å². The molecule has 0 amide bonds. The van der Waals surface area contributed by atoms with Crippen LogP contribution in [-0.4, -0.2) is 49.5 Å². The van der Waals surface area contributed by atoms with Gasteiger partial charge in [-0.25, -0.2) is 0 Å². The molecule has 180 valence electrons. The number of hydrogen-bond acceptors (Lipinski definition) is 2. The summed E-state index contributed by atoms with van der Waals surface area (Å²) < 4.78 is 13.3. The van der Waals surface area contributed by atoms with E-state index in [1.807, 2.05) is 7.11 Å². The van der Waals surface area contributed by atoms with Crippen LogP contribution in [0.4, 0.5) is 0 Å². The van der Waals surface area contributed by atoms with Gasteiger partial charge in [0, 0.05) is 0 Å². The summed E-state index contributed by atoms with van der Waals surface area (Å²) in [5.74, 6) is 1.81. The van der Waals surface area contributed by atoms with Crippen molar-refractivity contribution >= 4 is 18.4 Å². The molecule has 2 nitrogen and oxygen atoms in total. The second kappa shape index (κ2) is 13.4. The molecule has 32 heavy (non-hydrogen) atoms. The maximum atomic E-state index is 5.70. The Bertz CT molecular complexity index is 693. The predicted octanol–water partition coefficient (Wildman–Crippen LogP) is 8.13. The summed E-state index contributed by atoms with van der Waals surface area (Å²) in [6, 6.07) is 7.46. The van der Waals surface area contributed by atoms with Crippen molar-refractivity contribution in [2.24, 2.45) is 0 Å². The molecule has 1 aliphatic heterocycles. The number of methoxy groups -OCH3 is 1. The number of likely N-dealkylation sites (tertiary alicyclic amines) is 1. The molecule has 2 aliphatic rings. The Labute approximate surface area is 203 Å². The summed E-state index contributed by atoms with van der Waals surface area (Å²) in [5, 5.41) is 0. The van der Waals surface area contributed by atoms with E-state index in [0.717, 1.165) is 11.8 Å². The molecule has 0 bridgehead atoms. The van der Waals surface area contributed by atoms with Crippen LogP contribution < -0.4 is 4.74 Å². The summed E-state index contributed by atoms with van der Waals surface area (Å²) >= 11 is -2.16. The fourth-order valence-corrected chi connectivity index (χ4v) is 20.8. The molecule has 1 aromatic carbocycles. The third kappa shape index (κ3) is 6.56. The Morgan fingerprint density at radius 3 is 2.31 bits per heavy atom. The maximum absolute atomic E-state index is 5.70. The summed E-state index contributed by atoms with van der Waals surface area (Å²) in [4.78, 5) is 2.84. The van der Waals surface area contributed by atoms with Gasteiger partial charge in [0.25, 0.3) is 0 Å². The second-order valence-corrected chi connectivity index (χ2v) is 23.5. The summed E-state index contributed by atoms with van der Waals surface area (Å²) in [7, 11) is 1.83. The van der Waals surface area contributed by atoms with Crippen molar-refractivity contribution in [2.75, 3.05) is 20.2 Å². The van der Waals surface area contributed by atoms with Crippen LogP contribution in [0.5, 0.6) is 5.75 Å². The molecule has 1 saturated heterocycles. The fourth-order valence-electron chi connectivity index (χ4n) is 6.43. The normalized spacial score (nSPS) is 21.5. The van der Waals surface area contributed by atoms with Crippen LogP contribution in [0, 0.1) is 0 Å². The van der Waals surface area contributed by atoms with Crippen molar-refractivity contribution in [2.45, 2.75) is 110 Å². The average molecular weight is 546 g/mol. The van der Waals surface area contributed by atoms with Gasteiger partial charge in [-0.1, -0.05) is 0 Å². The molecule has 1 aromatic rings. The minimum absolute atomic E-state index is 0.699. The Kier molecular flexibility index (Phi) is 11.0. The van der Waals surface area contributed by atoms with Crippen molar-refractivity contribution in [3.63, 3.8) is 0 Å². The van der Waals surface area contributed by atoms with E-state index in [4.69, 9.17) is 4.74 Å². The van der Waals surface area contributed by atoms with Crippen LogP contribution in [0.3, 0.4) is 0 Å². The first-order valence-electron chi connectivity index (χ1n) is 13.8. The Hall–Kier alpha value is -0.481. The Morgan fingerprint density at radius 2 is 1.69 bits per heavy atom. The van der Waals surface area contributed by atoms with Crippen LogP contribution in [0.15, 0.2) is 28.4 Å². The predicted molar refractivity (Wildman–Crippen MR) is 143 cm³/mol. The second-order valence-electron chi connectivity index (χ2n) is 10.5. The summed E-state index contributed by atoms with van der Waals surface area (Å²) in [5.41, 5.74) is 3.07. The molecule has 3 heteroatoms. The van der Waals surface area contributed by atoms with Crippen molar-refractivity contribution in [1.82, 2.24) is 4.90 Å². The number of fused-ring (bicyclic) bond motifs is 3. The zero-order valence-corrected chi connectivity index (χ0v) is 24.4. The van der Waals surface area contributed by atoms with Gasteiger partial charge in [0.2, 0.25) is 0 Å². The van der Waals surface area contributed by atoms with E-state index in [-0.39, 0.29) is 0 Å². The van der Waals surface area contributed by atoms with Gasteiger partial charge in [-0.3, -0.25) is 0 Å². The summed E-state index contributed by atoms with van der Waals surface area (Å²) in [6.07, 6.45) is 16.3. The monoisotopic (exact) mass is 547 g/mol. The van der Waals surface area contributed by atoms with Gasteiger partial charge in [-0.15, -0.1) is 0 Å². The molecule has 0 saturated carbocycles. The van der Waals surface area contributed by atoms with Gasteiger partial charge < -0.3 is 0 Å². The molecular weight excluding hydrogens is 497 g/mol. The van der Waals surface area contributed by atoms with Gasteiger partial charge in [-0.05, 0) is 0 Å². The molecule has 3 rings (SSSR count). The van der Waals surface area contributed by atoms with Gasteiger partial charge in [0.15, 0.2) is 0 Å². The first-order valence-corrected chi connectivity index (χ1v) is 21.5. The molecular formula is C29H49NOSn. The third-order valence-corrected chi connectivity index (χ3v) is 22.5. The molecule has 0 spiro atoms. The zero-order valence-electron chi connectivity index (χ0n) is 21.5. The Morgan fingerprint density at radius 1 is 1.00 bits per heavy atom. The van der Waals surface area contributed by atoms with E-state index in [0.29, 0.717) is 5.92 Å². The number of hydrogen-bond donors (Lipinski definition) is 0. The quantitative estimate of drug-likeness (QED) is 0.232. The van der Waals surface area contributed by atoms with Crippen LogP contribution in [-0.2, 0) is 6.42 Å². The number of nitrogens with zero attached hydrogens (tertiary/aromatic N) is 1. The van der Waals surface area contributed by atoms with Crippen LogP contribution in [0.1, 0.15) is 95.6 Å². The number of ether oxygens (including phenoxy) is 1. The van der Waals surface area contributed by atoms with Crippen molar-refractivity contribution in [3.8, 4) is 5.75 Å². The van der Waals surface area contributed by atoms with E-state index < -0.39 is 18.4 Å². The molecule has 1 aliphatic carbocycles. The van der Waals surface area contributed by atoms with Gasteiger partial charge in [0.1, 0.15) is 0 Å². The van der Waals surface area contributed by atoms with Crippen molar-refractivity contribution < 1.29 is 4.74 Å². The van der Waals surface area contributed by atoms with Crippen LogP contribution in [0.2, 0.25) is 13.3 Å². The number of rotatable bonds is 13. The van der Waals surface area contributed by atoms with Gasteiger partial charge in [-0.2, -0.15) is 0 Å². The van der Waals surface area contributed by atoms with E-state index in [1.165, 1.54) is 82.9 Å². The van der Waals surface area contributed by atoms with Gasteiger partial charge in [0.05, 0.1) is 0 Å². The van der Waals surface area contributed by atoms with E-state index in [1.54, 1.807) is 18.9 Å². The van der Waals surface area contributed by atoms with Crippen molar-refractivity contribution in [1.29, 1.82) is 0 Å². The van der Waals surface area contributed by atoms with Gasteiger partial charge >= 0.3 is 204 Å². The van der Waals surface area contributed by atoms with E-state index in [2.05, 4.69) is 54.0 Å². The molecule has 0 N–H and O–H groups in total. The SMILES string of the molecule is CCC[CH2][Sn](/[CH]=C/CN1CCC[C@@H]2c3cccc(OC)c3CC[C@H]21)([CH2]CCC)[CH2]CCC. The molecule has 2 atom stereocenters. The zero-order chi connectivity index (χ0) is 22.8. The molecule has 0 aromatic heterocycles. The first kappa shape index (κ1) is 26.1. The first-order chi connectivity index (χ1) is 15.7. The van der Waals surface area contributed by atoms with Crippen LogP contribution >= 0.6 is 0 Å². The number of piperidine rings is 1. The molecule has 0 radical (unpaired) electrons. The van der Waals surface area contributed by atoms with E-state index in [9.17, 15) is 0 Å². The number of unbranched alkanes of at least 4 members (excludes halogenated alkanes) is 3. The van der Waals surface area contributed by atoms with Crippen LogP contribution in [0.25, 0.3) is 0 Å². The molecule has 1 heterocycles. The Balaban J connectivity index is 1.72.